The lowest BCUT2D eigenvalue weighted by molar-refractivity contribution is 0.238. The van der Waals surface area contributed by atoms with Gasteiger partial charge in [0.05, 0.1) is 0 Å². The van der Waals surface area contributed by atoms with E-state index < -0.39 is 0 Å². The molecule has 2 nitrogen and oxygen atoms in total. The summed E-state index contributed by atoms with van der Waals surface area (Å²) in [5, 5.41) is 3.57. The molecule has 1 N–H and O–H groups in total. The Kier molecular flexibility index (Phi) is 1.66. The minimum absolute atomic E-state index is 0.818. The van der Waals surface area contributed by atoms with Gasteiger partial charge in [-0.25, -0.2) is 0 Å². The van der Waals surface area contributed by atoms with Gasteiger partial charge < -0.3 is 10.2 Å². The molecule has 58 valence electrons. The number of fused-ring (bicyclic) bond motifs is 1. The average molecular weight is 140 g/mol. The summed E-state index contributed by atoms with van der Waals surface area (Å²) < 4.78 is 0. The van der Waals surface area contributed by atoms with Crippen molar-refractivity contribution in [3.05, 3.63) is 0 Å². The number of rotatable bonds is 0. The molecule has 0 spiro atoms. The predicted molar refractivity (Wildman–Crippen MR) is 42.1 cm³/mol. The van der Waals surface area contributed by atoms with E-state index in [4.69, 9.17) is 0 Å². The van der Waals surface area contributed by atoms with Crippen LogP contribution in [0.1, 0.15) is 19.3 Å². The molecule has 2 aliphatic rings. The van der Waals surface area contributed by atoms with Crippen molar-refractivity contribution in [2.24, 2.45) is 0 Å². The molecular formula is C8H16N2. The van der Waals surface area contributed by atoms with Crippen molar-refractivity contribution in [3.63, 3.8) is 0 Å². The Bertz CT molecular complexity index is 122. The zero-order chi connectivity index (χ0) is 6.97. The van der Waals surface area contributed by atoms with Gasteiger partial charge >= 0.3 is 0 Å². The third-order valence-electron chi connectivity index (χ3n) is 2.91. The number of likely N-dealkylation sites (tertiary alicyclic amines) is 1. The highest BCUT2D eigenvalue weighted by atomic mass is 15.2. The maximum Gasteiger partial charge on any atom is 0.0247 e. The van der Waals surface area contributed by atoms with E-state index in [1.54, 1.807) is 0 Å². The van der Waals surface area contributed by atoms with Gasteiger partial charge in [0, 0.05) is 12.1 Å². The molecule has 2 heterocycles. The molecule has 2 saturated heterocycles. The van der Waals surface area contributed by atoms with E-state index >= 15 is 0 Å². The maximum absolute atomic E-state index is 3.57. The molecular weight excluding hydrogens is 124 g/mol. The van der Waals surface area contributed by atoms with Crippen LogP contribution in [-0.4, -0.2) is 37.1 Å². The maximum atomic E-state index is 3.57. The summed E-state index contributed by atoms with van der Waals surface area (Å²) in [4.78, 5) is 2.50. The molecule has 0 amide bonds. The SMILES string of the molecule is CN1CCC2NCCCC21. The van der Waals surface area contributed by atoms with Gasteiger partial charge in [0.15, 0.2) is 0 Å². The predicted octanol–water partition coefficient (Wildman–Crippen LogP) is 0.442. The van der Waals surface area contributed by atoms with Gasteiger partial charge in [-0.1, -0.05) is 0 Å². The Morgan fingerprint density at radius 2 is 2.30 bits per heavy atom. The van der Waals surface area contributed by atoms with E-state index in [0.29, 0.717) is 0 Å². The molecule has 0 aliphatic carbocycles. The molecule has 0 radical (unpaired) electrons. The van der Waals surface area contributed by atoms with Crippen LogP contribution in [0.3, 0.4) is 0 Å². The molecule has 10 heavy (non-hydrogen) atoms. The topological polar surface area (TPSA) is 15.3 Å². The van der Waals surface area contributed by atoms with Gasteiger partial charge in [-0.15, -0.1) is 0 Å². The van der Waals surface area contributed by atoms with Crippen LogP contribution in [0, 0.1) is 0 Å². The van der Waals surface area contributed by atoms with E-state index in [9.17, 15) is 0 Å². The molecule has 2 aliphatic heterocycles. The van der Waals surface area contributed by atoms with Gasteiger partial charge in [-0.2, -0.15) is 0 Å². The fraction of sp³-hybridized carbons (Fsp3) is 1.00. The van der Waals surface area contributed by atoms with Crippen LogP contribution in [0.5, 0.6) is 0 Å². The van der Waals surface area contributed by atoms with E-state index in [1.807, 2.05) is 0 Å². The Hall–Kier alpha value is -0.0800. The molecule has 0 bridgehead atoms. The highest BCUT2D eigenvalue weighted by Gasteiger charge is 2.32. The third kappa shape index (κ3) is 0.956. The number of likely N-dealkylation sites (N-methyl/N-ethyl adjacent to an activating group) is 1. The fourth-order valence-corrected chi connectivity index (χ4v) is 2.27. The summed E-state index contributed by atoms with van der Waals surface area (Å²) in [5.41, 5.74) is 0. The number of hydrogen-bond acceptors (Lipinski definition) is 2. The standard InChI is InChI=1S/C8H16N2/c1-10-6-4-7-8(10)3-2-5-9-7/h7-9H,2-6H2,1H3. The Balaban J connectivity index is 2.01. The van der Waals surface area contributed by atoms with E-state index in [2.05, 4.69) is 17.3 Å². The summed E-state index contributed by atoms with van der Waals surface area (Å²) in [5.74, 6) is 0. The van der Waals surface area contributed by atoms with Crippen molar-refractivity contribution in [2.45, 2.75) is 31.3 Å². The lowest BCUT2D eigenvalue weighted by atomic mass is 10.00. The largest absolute Gasteiger partial charge is 0.312 e. The second kappa shape index (κ2) is 2.51. The summed E-state index contributed by atoms with van der Waals surface area (Å²) in [6, 6.07) is 1.67. The molecule has 2 heteroatoms. The molecule has 2 atom stereocenters. The molecule has 2 fully saturated rings. The molecule has 0 aromatic rings. The first-order chi connectivity index (χ1) is 4.88. The normalized spacial score (nSPS) is 41.7. The zero-order valence-electron chi connectivity index (χ0n) is 6.64. The number of nitrogens with zero attached hydrogens (tertiary/aromatic N) is 1. The van der Waals surface area contributed by atoms with Gasteiger partial charge in [0.1, 0.15) is 0 Å². The van der Waals surface area contributed by atoms with Crippen LogP contribution in [-0.2, 0) is 0 Å². The molecule has 0 saturated carbocycles. The lowest BCUT2D eigenvalue weighted by Crippen LogP contribution is -2.45. The zero-order valence-corrected chi connectivity index (χ0v) is 6.64. The third-order valence-corrected chi connectivity index (χ3v) is 2.91. The molecule has 0 aromatic carbocycles. The smallest absolute Gasteiger partial charge is 0.0247 e. The van der Waals surface area contributed by atoms with Crippen LogP contribution in [0.15, 0.2) is 0 Å². The Morgan fingerprint density at radius 3 is 3.10 bits per heavy atom. The van der Waals surface area contributed by atoms with Crippen molar-refractivity contribution >= 4 is 0 Å². The summed E-state index contributed by atoms with van der Waals surface area (Å²) >= 11 is 0. The number of nitrogens with one attached hydrogen (secondary N) is 1. The van der Waals surface area contributed by atoms with Crippen LogP contribution in [0.4, 0.5) is 0 Å². The molecule has 2 rings (SSSR count). The van der Waals surface area contributed by atoms with Gasteiger partial charge in [-0.05, 0) is 39.4 Å². The van der Waals surface area contributed by atoms with E-state index in [0.717, 1.165) is 12.1 Å². The second-order valence-corrected chi connectivity index (χ2v) is 3.54. The lowest BCUT2D eigenvalue weighted by Gasteiger charge is -2.30. The van der Waals surface area contributed by atoms with E-state index in [1.165, 1.54) is 32.4 Å². The highest BCUT2D eigenvalue weighted by molar-refractivity contribution is 4.92. The van der Waals surface area contributed by atoms with Crippen molar-refractivity contribution < 1.29 is 0 Å². The Morgan fingerprint density at radius 1 is 1.40 bits per heavy atom. The van der Waals surface area contributed by atoms with Crippen LogP contribution in [0.25, 0.3) is 0 Å². The fourth-order valence-electron chi connectivity index (χ4n) is 2.27. The minimum atomic E-state index is 0.818. The van der Waals surface area contributed by atoms with Gasteiger partial charge in [0.25, 0.3) is 0 Å². The van der Waals surface area contributed by atoms with Crippen LogP contribution >= 0.6 is 0 Å². The first-order valence-corrected chi connectivity index (χ1v) is 4.31. The summed E-state index contributed by atoms with van der Waals surface area (Å²) in [6.07, 6.45) is 4.14. The summed E-state index contributed by atoms with van der Waals surface area (Å²) in [6.45, 7) is 2.54. The second-order valence-electron chi connectivity index (χ2n) is 3.54. The molecule has 0 aromatic heterocycles. The van der Waals surface area contributed by atoms with Crippen molar-refractivity contribution in [1.29, 1.82) is 0 Å². The van der Waals surface area contributed by atoms with Crippen LogP contribution < -0.4 is 5.32 Å². The van der Waals surface area contributed by atoms with Gasteiger partial charge in [-0.3, -0.25) is 0 Å². The minimum Gasteiger partial charge on any atom is -0.312 e. The Labute approximate surface area is 62.6 Å². The van der Waals surface area contributed by atoms with E-state index in [-0.39, 0.29) is 0 Å². The molecule has 2 unspecified atom stereocenters. The monoisotopic (exact) mass is 140 g/mol. The van der Waals surface area contributed by atoms with Crippen molar-refractivity contribution in [3.8, 4) is 0 Å². The first kappa shape index (κ1) is 6.62. The highest BCUT2D eigenvalue weighted by Crippen LogP contribution is 2.22. The number of hydrogen-bond donors (Lipinski definition) is 1. The summed E-state index contributed by atoms with van der Waals surface area (Å²) in [7, 11) is 2.25. The average Bonchev–Trinajstić information content (AvgIpc) is 2.34. The van der Waals surface area contributed by atoms with Crippen molar-refractivity contribution in [2.75, 3.05) is 20.1 Å². The quantitative estimate of drug-likeness (QED) is 0.525. The van der Waals surface area contributed by atoms with Crippen LogP contribution in [0.2, 0.25) is 0 Å². The first-order valence-electron chi connectivity index (χ1n) is 4.31. The number of piperidine rings is 1. The van der Waals surface area contributed by atoms with Crippen molar-refractivity contribution in [1.82, 2.24) is 10.2 Å². The van der Waals surface area contributed by atoms with Gasteiger partial charge in [0.2, 0.25) is 0 Å².